The summed E-state index contributed by atoms with van der Waals surface area (Å²) in [6.45, 7) is 1.85. The van der Waals surface area contributed by atoms with Crippen LogP contribution in [0.15, 0.2) is 40.9 Å². The fourth-order valence-corrected chi connectivity index (χ4v) is 2.44. The van der Waals surface area contributed by atoms with E-state index in [0.29, 0.717) is 5.56 Å². The minimum absolute atomic E-state index is 0.195. The summed E-state index contributed by atoms with van der Waals surface area (Å²) in [5, 5.41) is 11.3. The van der Waals surface area contributed by atoms with E-state index in [1.165, 1.54) is 6.07 Å². The van der Waals surface area contributed by atoms with Crippen LogP contribution in [0.25, 0.3) is 0 Å². The number of hydrogen-bond donors (Lipinski definition) is 2. The summed E-state index contributed by atoms with van der Waals surface area (Å²) in [7, 11) is 0. The molecular weight excluding hydrogens is 341 g/mol. The third kappa shape index (κ3) is 3.66. The van der Waals surface area contributed by atoms with Crippen LogP contribution in [0, 0.1) is 12.7 Å². The lowest BCUT2D eigenvalue weighted by Gasteiger charge is -2.07. The zero-order chi connectivity index (χ0) is 15.6. The molecule has 6 heteroatoms. The van der Waals surface area contributed by atoms with Crippen LogP contribution in [-0.4, -0.2) is 17.0 Å². The molecule has 0 atom stereocenters. The van der Waals surface area contributed by atoms with E-state index >= 15 is 0 Å². The quantitative estimate of drug-likeness (QED) is 0.882. The number of carbonyl (C=O) groups is 2. The molecule has 0 unspecified atom stereocenters. The zero-order valence-electron chi connectivity index (χ0n) is 11.0. The van der Waals surface area contributed by atoms with E-state index in [1.54, 1.807) is 12.1 Å². The van der Waals surface area contributed by atoms with Gasteiger partial charge in [0.15, 0.2) is 0 Å². The van der Waals surface area contributed by atoms with Crippen LogP contribution in [0.1, 0.15) is 26.3 Å². The topological polar surface area (TPSA) is 66.4 Å². The lowest BCUT2D eigenvalue weighted by molar-refractivity contribution is 0.0692. The molecule has 0 aliphatic heterocycles. The van der Waals surface area contributed by atoms with Crippen LogP contribution in [0.2, 0.25) is 0 Å². The number of benzene rings is 2. The van der Waals surface area contributed by atoms with E-state index in [2.05, 4.69) is 21.2 Å². The number of hydrogen-bond acceptors (Lipinski definition) is 2. The molecule has 0 aliphatic carbocycles. The molecule has 0 aliphatic rings. The van der Waals surface area contributed by atoms with Crippen molar-refractivity contribution in [2.45, 2.75) is 6.92 Å². The van der Waals surface area contributed by atoms with Gasteiger partial charge in [-0.3, -0.25) is 4.79 Å². The van der Waals surface area contributed by atoms with Crippen LogP contribution >= 0.6 is 15.9 Å². The fourth-order valence-electron chi connectivity index (χ4n) is 1.84. The maximum absolute atomic E-state index is 13.5. The number of carboxylic acid groups (broad SMARTS) is 1. The molecule has 1 amide bonds. The van der Waals surface area contributed by atoms with Crippen molar-refractivity contribution in [3.63, 3.8) is 0 Å². The van der Waals surface area contributed by atoms with Gasteiger partial charge in [0.2, 0.25) is 0 Å². The van der Waals surface area contributed by atoms with Crippen molar-refractivity contribution in [1.29, 1.82) is 0 Å². The number of carboxylic acids is 1. The van der Waals surface area contributed by atoms with Gasteiger partial charge in [0.05, 0.1) is 5.56 Å². The zero-order valence-corrected chi connectivity index (χ0v) is 12.6. The van der Waals surface area contributed by atoms with E-state index in [0.717, 1.165) is 22.2 Å². The van der Waals surface area contributed by atoms with Gasteiger partial charge in [-0.15, -0.1) is 0 Å². The van der Waals surface area contributed by atoms with Crippen molar-refractivity contribution in [1.82, 2.24) is 0 Å². The molecule has 0 fully saturated rings. The molecule has 21 heavy (non-hydrogen) atoms. The van der Waals surface area contributed by atoms with Crippen molar-refractivity contribution >= 4 is 33.5 Å². The van der Waals surface area contributed by atoms with Crippen molar-refractivity contribution < 1.29 is 19.1 Å². The first kappa shape index (κ1) is 15.2. The molecule has 2 rings (SSSR count). The second-order valence-corrected chi connectivity index (χ2v) is 5.39. The first-order valence-electron chi connectivity index (χ1n) is 5.98. The highest BCUT2D eigenvalue weighted by molar-refractivity contribution is 9.10. The third-order valence-electron chi connectivity index (χ3n) is 2.76. The number of aryl methyl sites for hydroxylation is 1. The molecule has 0 heterocycles. The minimum atomic E-state index is -1.35. The number of halogens is 2. The average Bonchev–Trinajstić information content (AvgIpc) is 2.37. The van der Waals surface area contributed by atoms with Gasteiger partial charge in [0.1, 0.15) is 5.82 Å². The summed E-state index contributed by atoms with van der Waals surface area (Å²) in [6, 6.07) is 8.63. The Kier molecular flexibility index (Phi) is 4.37. The average molecular weight is 352 g/mol. The Morgan fingerprint density at radius 3 is 2.48 bits per heavy atom. The fraction of sp³-hybridized carbons (Fsp3) is 0.0667. The molecule has 0 bridgehead atoms. The Morgan fingerprint density at radius 1 is 1.19 bits per heavy atom. The normalized spacial score (nSPS) is 10.2. The highest BCUT2D eigenvalue weighted by Crippen LogP contribution is 2.18. The molecule has 0 saturated heterocycles. The van der Waals surface area contributed by atoms with Crippen LogP contribution in [0.4, 0.5) is 10.1 Å². The number of rotatable bonds is 3. The molecule has 0 spiro atoms. The standard InChI is InChI=1S/C15H11BrFNO3/c1-8-4-9(6-10(16)5-8)14(19)18-11-2-3-12(15(20)21)13(17)7-11/h2-7H,1H3,(H,18,19)(H,20,21). The number of aromatic carboxylic acids is 1. The molecule has 108 valence electrons. The van der Waals surface area contributed by atoms with Crippen LogP contribution < -0.4 is 5.32 Å². The monoisotopic (exact) mass is 351 g/mol. The maximum Gasteiger partial charge on any atom is 0.338 e. The van der Waals surface area contributed by atoms with Gasteiger partial charge in [-0.1, -0.05) is 15.9 Å². The van der Waals surface area contributed by atoms with Gasteiger partial charge in [-0.25, -0.2) is 9.18 Å². The summed E-state index contributed by atoms with van der Waals surface area (Å²) in [5.41, 5.74) is 1.08. The summed E-state index contributed by atoms with van der Waals surface area (Å²) in [5.74, 6) is -2.65. The van der Waals surface area contributed by atoms with Crippen LogP contribution in [0.3, 0.4) is 0 Å². The van der Waals surface area contributed by atoms with Crippen LogP contribution in [-0.2, 0) is 0 Å². The number of amides is 1. The van der Waals surface area contributed by atoms with Crippen molar-refractivity contribution in [2.75, 3.05) is 5.32 Å². The minimum Gasteiger partial charge on any atom is -0.478 e. The number of anilines is 1. The Balaban J connectivity index is 2.23. The maximum atomic E-state index is 13.5. The third-order valence-corrected chi connectivity index (χ3v) is 3.22. The SMILES string of the molecule is Cc1cc(Br)cc(C(=O)Nc2ccc(C(=O)O)c(F)c2)c1. The Labute approximate surface area is 128 Å². The Bertz CT molecular complexity index is 711. The van der Waals surface area contributed by atoms with Gasteiger partial charge >= 0.3 is 5.97 Å². The van der Waals surface area contributed by atoms with E-state index in [1.807, 2.05) is 13.0 Å². The van der Waals surface area contributed by atoms with Crippen molar-refractivity contribution in [3.05, 3.63) is 63.4 Å². The molecule has 0 aromatic heterocycles. The van der Waals surface area contributed by atoms with Crippen molar-refractivity contribution in [3.8, 4) is 0 Å². The van der Waals surface area contributed by atoms with E-state index < -0.39 is 23.3 Å². The molecule has 4 nitrogen and oxygen atoms in total. The highest BCUT2D eigenvalue weighted by atomic mass is 79.9. The second-order valence-electron chi connectivity index (χ2n) is 4.47. The molecule has 2 N–H and O–H groups in total. The van der Waals surface area contributed by atoms with Crippen LogP contribution in [0.5, 0.6) is 0 Å². The first-order chi connectivity index (χ1) is 9.86. The Morgan fingerprint density at radius 2 is 1.90 bits per heavy atom. The second kappa shape index (κ2) is 6.05. The highest BCUT2D eigenvalue weighted by Gasteiger charge is 2.12. The molecule has 2 aromatic carbocycles. The van der Waals surface area contributed by atoms with E-state index in [-0.39, 0.29) is 5.69 Å². The van der Waals surface area contributed by atoms with Crippen molar-refractivity contribution in [2.24, 2.45) is 0 Å². The molecular formula is C15H11BrFNO3. The smallest absolute Gasteiger partial charge is 0.338 e. The lowest BCUT2D eigenvalue weighted by Crippen LogP contribution is -2.13. The van der Waals surface area contributed by atoms with Gasteiger partial charge in [0, 0.05) is 15.7 Å². The summed E-state index contributed by atoms with van der Waals surface area (Å²) in [4.78, 5) is 22.8. The summed E-state index contributed by atoms with van der Waals surface area (Å²) < 4.78 is 14.3. The lowest BCUT2D eigenvalue weighted by atomic mass is 10.1. The van der Waals surface area contributed by atoms with Gasteiger partial charge in [-0.05, 0) is 48.9 Å². The molecule has 0 radical (unpaired) electrons. The van der Waals surface area contributed by atoms with E-state index in [4.69, 9.17) is 5.11 Å². The predicted octanol–water partition coefficient (Wildman–Crippen LogP) is 3.85. The number of nitrogens with one attached hydrogen (secondary N) is 1. The van der Waals surface area contributed by atoms with Gasteiger partial charge in [-0.2, -0.15) is 0 Å². The van der Waals surface area contributed by atoms with Gasteiger partial charge < -0.3 is 10.4 Å². The van der Waals surface area contributed by atoms with Gasteiger partial charge in [0.25, 0.3) is 5.91 Å². The Hall–Kier alpha value is -2.21. The molecule has 2 aromatic rings. The predicted molar refractivity (Wildman–Crippen MR) is 80.2 cm³/mol. The summed E-state index contributed by atoms with van der Waals surface area (Å²) in [6.07, 6.45) is 0. The first-order valence-corrected chi connectivity index (χ1v) is 6.77. The largest absolute Gasteiger partial charge is 0.478 e. The van der Waals surface area contributed by atoms with E-state index in [9.17, 15) is 14.0 Å². The summed E-state index contributed by atoms with van der Waals surface area (Å²) >= 11 is 3.30. The number of carbonyl (C=O) groups excluding carboxylic acids is 1. The molecule has 0 saturated carbocycles.